The van der Waals surface area contributed by atoms with Gasteiger partial charge in [0, 0.05) is 52.2 Å². The second-order valence-electron chi connectivity index (χ2n) is 6.76. The smallest absolute Gasteiger partial charge is 0.257 e. The zero-order valence-corrected chi connectivity index (χ0v) is 15.2. The molecule has 1 atom stereocenters. The van der Waals surface area contributed by atoms with Gasteiger partial charge in [-0.05, 0) is 37.1 Å². The molecule has 2 aromatic rings. The molecule has 0 unspecified atom stereocenters. The molecule has 0 aliphatic carbocycles. The fourth-order valence-electron chi connectivity index (χ4n) is 3.42. The molecule has 3 rings (SSSR count). The number of nitrogens with zero attached hydrogens (tertiary/aromatic N) is 4. The number of hydrogen-bond donors (Lipinski definition) is 0. The normalized spacial score (nSPS) is 17.2. The van der Waals surface area contributed by atoms with Gasteiger partial charge in [-0.15, -0.1) is 0 Å². The molecule has 25 heavy (non-hydrogen) atoms. The van der Waals surface area contributed by atoms with Gasteiger partial charge in [0.2, 0.25) is 0 Å². The Bertz CT molecular complexity index is 717. The molecule has 1 saturated heterocycles. The van der Waals surface area contributed by atoms with Crippen molar-refractivity contribution in [2.45, 2.75) is 18.9 Å². The first kappa shape index (κ1) is 17.3. The summed E-state index contributed by atoms with van der Waals surface area (Å²) in [5.41, 5.74) is 1.88. The molecule has 1 fully saturated rings. The summed E-state index contributed by atoms with van der Waals surface area (Å²) in [6, 6.07) is 14.3. The van der Waals surface area contributed by atoms with Crippen LogP contribution in [0.15, 0.2) is 48.7 Å². The van der Waals surface area contributed by atoms with E-state index in [1.54, 1.807) is 6.20 Å². The van der Waals surface area contributed by atoms with Crippen LogP contribution in [0, 0.1) is 0 Å². The molecular formula is C20H26N4O. The Hall–Kier alpha value is -2.56. The number of amides is 1. The Labute approximate surface area is 149 Å². The lowest BCUT2D eigenvalue weighted by Gasteiger charge is -2.39. The van der Waals surface area contributed by atoms with Gasteiger partial charge in [0.1, 0.15) is 5.82 Å². The lowest BCUT2D eigenvalue weighted by Crippen LogP contribution is -2.48. The Morgan fingerprint density at radius 3 is 2.60 bits per heavy atom. The highest BCUT2D eigenvalue weighted by atomic mass is 16.2. The molecule has 132 valence electrons. The number of likely N-dealkylation sites (N-methyl/N-ethyl adjacent to an activating group) is 1. The molecule has 0 saturated carbocycles. The van der Waals surface area contributed by atoms with Crippen LogP contribution < -0.4 is 9.80 Å². The maximum absolute atomic E-state index is 13.1. The summed E-state index contributed by atoms with van der Waals surface area (Å²) in [4.78, 5) is 23.6. The molecule has 1 aliphatic rings. The molecule has 1 aromatic carbocycles. The zero-order chi connectivity index (χ0) is 17.8. The van der Waals surface area contributed by atoms with Crippen molar-refractivity contribution in [3.63, 3.8) is 0 Å². The van der Waals surface area contributed by atoms with Crippen molar-refractivity contribution in [2.24, 2.45) is 0 Å². The van der Waals surface area contributed by atoms with E-state index in [9.17, 15) is 4.79 Å². The van der Waals surface area contributed by atoms with Crippen LogP contribution in [0.3, 0.4) is 0 Å². The highest BCUT2D eigenvalue weighted by molar-refractivity contribution is 5.98. The van der Waals surface area contributed by atoms with Gasteiger partial charge in [0.15, 0.2) is 0 Å². The van der Waals surface area contributed by atoms with Crippen LogP contribution in [0.25, 0.3) is 0 Å². The van der Waals surface area contributed by atoms with Crippen molar-refractivity contribution in [1.82, 2.24) is 9.88 Å². The van der Waals surface area contributed by atoms with Crippen molar-refractivity contribution in [1.29, 1.82) is 0 Å². The molecule has 2 heterocycles. The van der Waals surface area contributed by atoms with Crippen LogP contribution >= 0.6 is 0 Å². The average Bonchev–Trinajstić information content (AvgIpc) is 2.67. The number of aromatic nitrogens is 1. The molecule has 5 heteroatoms. The lowest BCUT2D eigenvalue weighted by atomic mass is 10.0. The summed E-state index contributed by atoms with van der Waals surface area (Å²) < 4.78 is 0. The third-order valence-corrected chi connectivity index (χ3v) is 4.83. The summed E-state index contributed by atoms with van der Waals surface area (Å²) >= 11 is 0. The Kier molecular flexibility index (Phi) is 5.22. The minimum absolute atomic E-state index is 0.0386. The molecule has 0 bridgehead atoms. The van der Waals surface area contributed by atoms with Crippen LogP contribution in [0.2, 0.25) is 0 Å². The minimum atomic E-state index is 0.0386. The van der Waals surface area contributed by atoms with E-state index in [-0.39, 0.29) is 11.9 Å². The second kappa shape index (κ2) is 7.55. The number of benzene rings is 1. The maximum atomic E-state index is 13.1. The highest BCUT2D eigenvalue weighted by Crippen LogP contribution is 2.24. The van der Waals surface area contributed by atoms with Gasteiger partial charge in [-0.25, -0.2) is 4.98 Å². The Morgan fingerprint density at radius 1 is 1.12 bits per heavy atom. The fourth-order valence-corrected chi connectivity index (χ4v) is 3.42. The van der Waals surface area contributed by atoms with E-state index in [2.05, 4.69) is 34.1 Å². The number of para-hydroxylation sites is 1. The first-order valence-corrected chi connectivity index (χ1v) is 8.77. The van der Waals surface area contributed by atoms with E-state index in [4.69, 9.17) is 0 Å². The van der Waals surface area contributed by atoms with Crippen LogP contribution in [-0.4, -0.2) is 56.1 Å². The van der Waals surface area contributed by atoms with E-state index in [0.717, 1.165) is 31.7 Å². The first-order valence-electron chi connectivity index (χ1n) is 8.77. The average molecular weight is 338 g/mol. The minimum Gasteiger partial charge on any atom is -0.369 e. The third kappa shape index (κ3) is 3.76. The molecule has 0 radical (unpaired) electrons. The molecule has 0 N–H and O–H groups in total. The van der Waals surface area contributed by atoms with Crippen molar-refractivity contribution in [3.05, 3.63) is 54.2 Å². The number of rotatable bonds is 4. The SMILES string of the molecule is CN(C)c1ncccc1C(=O)N(C)[C@@H]1CCCN(c2ccccc2)C1. The highest BCUT2D eigenvalue weighted by Gasteiger charge is 2.28. The summed E-state index contributed by atoms with van der Waals surface area (Å²) in [5, 5.41) is 0. The summed E-state index contributed by atoms with van der Waals surface area (Å²) in [6.45, 7) is 1.90. The van der Waals surface area contributed by atoms with Crippen LogP contribution in [0.1, 0.15) is 23.2 Å². The van der Waals surface area contributed by atoms with E-state index in [0.29, 0.717) is 5.56 Å². The van der Waals surface area contributed by atoms with Gasteiger partial charge >= 0.3 is 0 Å². The summed E-state index contributed by atoms with van der Waals surface area (Å²) in [5.74, 6) is 0.756. The van der Waals surface area contributed by atoms with E-state index < -0.39 is 0 Å². The monoisotopic (exact) mass is 338 g/mol. The van der Waals surface area contributed by atoms with Crippen molar-refractivity contribution >= 4 is 17.4 Å². The number of carbonyl (C=O) groups excluding carboxylic acids is 1. The number of hydrogen-bond acceptors (Lipinski definition) is 4. The predicted octanol–water partition coefficient (Wildman–Crippen LogP) is 2.89. The quantitative estimate of drug-likeness (QED) is 0.859. The van der Waals surface area contributed by atoms with Crippen molar-refractivity contribution in [2.75, 3.05) is 44.0 Å². The number of pyridine rings is 1. The largest absolute Gasteiger partial charge is 0.369 e. The van der Waals surface area contributed by atoms with Crippen LogP contribution in [0.5, 0.6) is 0 Å². The van der Waals surface area contributed by atoms with Crippen molar-refractivity contribution in [3.8, 4) is 0 Å². The van der Waals surface area contributed by atoms with Gasteiger partial charge in [-0.3, -0.25) is 4.79 Å². The van der Waals surface area contributed by atoms with Gasteiger partial charge in [-0.1, -0.05) is 18.2 Å². The number of carbonyl (C=O) groups is 1. The van der Waals surface area contributed by atoms with Gasteiger partial charge < -0.3 is 14.7 Å². The summed E-state index contributed by atoms with van der Waals surface area (Å²) in [7, 11) is 5.74. The van der Waals surface area contributed by atoms with Gasteiger partial charge in [0.05, 0.1) is 5.56 Å². The molecule has 0 spiro atoms. The third-order valence-electron chi connectivity index (χ3n) is 4.83. The predicted molar refractivity (Wildman–Crippen MR) is 102 cm³/mol. The topological polar surface area (TPSA) is 39.7 Å². The van der Waals surface area contributed by atoms with Crippen LogP contribution in [0.4, 0.5) is 11.5 Å². The molecule has 1 aromatic heterocycles. The molecule has 1 amide bonds. The number of anilines is 2. The molecule has 1 aliphatic heterocycles. The zero-order valence-electron chi connectivity index (χ0n) is 15.2. The van der Waals surface area contributed by atoms with E-state index in [1.807, 2.05) is 49.1 Å². The van der Waals surface area contributed by atoms with Gasteiger partial charge in [0.25, 0.3) is 5.91 Å². The first-order chi connectivity index (χ1) is 12.1. The Balaban J connectivity index is 1.76. The van der Waals surface area contributed by atoms with Crippen LogP contribution in [-0.2, 0) is 0 Å². The number of piperidine rings is 1. The molecule has 5 nitrogen and oxygen atoms in total. The summed E-state index contributed by atoms with van der Waals surface area (Å²) in [6.07, 6.45) is 3.84. The molecular weight excluding hydrogens is 312 g/mol. The second-order valence-corrected chi connectivity index (χ2v) is 6.76. The van der Waals surface area contributed by atoms with E-state index in [1.165, 1.54) is 5.69 Å². The Morgan fingerprint density at radius 2 is 1.88 bits per heavy atom. The standard InChI is InChI=1S/C20H26N4O/c1-22(2)19-18(12-7-13-21-19)20(25)23(3)17-11-8-14-24(15-17)16-9-5-4-6-10-16/h4-7,9-10,12-13,17H,8,11,14-15H2,1-3H3/t17-/m1/s1. The van der Waals surface area contributed by atoms with E-state index >= 15 is 0 Å². The van der Waals surface area contributed by atoms with Crippen molar-refractivity contribution < 1.29 is 4.79 Å². The fraction of sp³-hybridized carbons (Fsp3) is 0.400. The lowest BCUT2D eigenvalue weighted by molar-refractivity contribution is 0.0718. The van der Waals surface area contributed by atoms with Gasteiger partial charge in [-0.2, -0.15) is 0 Å². The maximum Gasteiger partial charge on any atom is 0.257 e.